The first-order chi connectivity index (χ1) is 27.0. The third-order valence-corrected chi connectivity index (χ3v) is 13.3. The second-order valence-corrected chi connectivity index (χ2v) is 19.9. The second kappa shape index (κ2) is 17.7. The molecule has 1 aliphatic carbocycles. The predicted octanol–water partition coefficient (Wildman–Crippen LogP) is 16.2. The van der Waals surface area contributed by atoms with Crippen LogP contribution >= 0.6 is 11.3 Å². The summed E-state index contributed by atoms with van der Waals surface area (Å²) in [5, 5.41) is 11.5. The summed E-state index contributed by atoms with van der Waals surface area (Å²) in [6.07, 6.45) is -3.65. The average Bonchev–Trinajstić information content (AvgIpc) is 3.45. The molecule has 5 aromatic rings. The van der Waals surface area contributed by atoms with E-state index in [0.29, 0.717) is 33.2 Å². The van der Waals surface area contributed by atoms with E-state index in [9.17, 15) is 36.2 Å². The van der Waals surface area contributed by atoms with Crippen LogP contribution in [-0.2, 0) is 36.5 Å². The van der Waals surface area contributed by atoms with Gasteiger partial charge in [-0.2, -0.15) is 67.0 Å². The molecule has 0 aliphatic heterocycles. The van der Waals surface area contributed by atoms with Gasteiger partial charge in [-0.15, -0.1) is 23.1 Å². The Kier molecular flexibility index (Phi) is 14.5. The number of ketones is 1. The molecule has 1 aromatic heterocycles. The van der Waals surface area contributed by atoms with E-state index < -0.39 is 29.1 Å². The van der Waals surface area contributed by atoms with E-state index in [1.807, 2.05) is 25.1 Å². The predicted molar refractivity (Wildman–Crippen MR) is 231 cm³/mol. The summed E-state index contributed by atoms with van der Waals surface area (Å²) in [5.74, 6) is -1.30. The number of halogens is 6. The molecule has 0 bridgehead atoms. The number of alkyl halides is 6. The van der Waals surface area contributed by atoms with Crippen LogP contribution in [0.3, 0.4) is 0 Å². The van der Waals surface area contributed by atoms with Crippen LogP contribution in [0.15, 0.2) is 60.4 Å². The topological polar surface area (TPSA) is 37.3 Å². The fraction of sp³-hybridized carbons (Fsp3) is 0.460. The van der Waals surface area contributed by atoms with Crippen molar-refractivity contribution in [3.05, 3.63) is 106 Å². The van der Waals surface area contributed by atoms with Crippen LogP contribution in [0, 0.1) is 49.7 Å². The molecule has 1 heterocycles. The Bertz CT molecular complexity index is 2370. The summed E-state index contributed by atoms with van der Waals surface area (Å²) in [4.78, 5) is 12.2. The number of aryl methyl sites for hydroxylation is 3. The quantitative estimate of drug-likeness (QED) is 0.0796. The van der Waals surface area contributed by atoms with Gasteiger partial charge in [0.05, 0.1) is 5.76 Å². The Hall–Kier alpha value is -3.46. The first kappa shape index (κ1) is 49.2. The number of fused-ring (bicyclic) bond motifs is 2. The van der Waals surface area contributed by atoms with E-state index in [0.717, 1.165) is 63.4 Å². The maximum Gasteiger partial charge on any atom is 0.401 e. The number of hydrogen-bond donors (Lipinski definition) is 1. The van der Waals surface area contributed by atoms with Gasteiger partial charge in [0.25, 0.3) is 0 Å². The third kappa shape index (κ3) is 10.2. The van der Waals surface area contributed by atoms with Gasteiger partial charge in [0.2, 0.25) is 0 Å². The van der Waals surface area contributed by atoms with Crippen molar-refractivity contribution >= 4 is 38.0 Å². The molecule has 0 unspecified atom stereocenters. The zero-order valence-electron chi connectivity index (χ0n) is 36.5. The normalized spacial score (nSPS) is 15.6. The van der Waals surface area contributed by atoms with E-state index in [1.54, 1.807) is 13.8 Å². The number of carbonyl (C=O) groups is 1. The van der Waals surface area contributed by atoms with Crippen molar-refractivity contribution in [2.45, 2.75) is 132 Å². The van der Waals surface area contributed by atoms with Crippen LogP contribution in [0.2, 0.25) is 0 Å². The SMILES string of the molecule is CC(C)/C(O)=C/C(=O)C(C)(C)C(F)(F)F.Cc1cc(C2CCC(C)(C)CC2)cc(C)c1-c1sc2c(-c3[c-]c4ccccc4c(C(C)(C)C)c3)[c-]cc(C(F)(F)F)c2c1C.[Ir]. The molecule has 0 atom stereocenters. The van der Waals surface area contributed by atoms with Crippen molar-refractivity contribution in [2.75, 3.05) is 0 Å². The molecule has 2 nitrogen and oxygen atoms in total. The number of aliphatic hydroxyl groups excluding tert-OH is 1. The van der Waals surface area contributed by atoms with Gasteiger partial charge < -0.3 is 5.11 Å². The minimum Gasteiger partial charge on any atom is -0.512 e. The minimum absolute atomic E-state index is 0. The van der Waals surface area contributed by atoms with Crippen LogP contribution < -0.4 is 0 Å². The second-order valence-electron chi connectivity index (χ2n) is 18.9. The molecule has 1 N–H and O–H groups in total. The first-order valence-electron chi connectivity index (χ1n) is 20.2. The molecule has 60 heavy (non-hydrogen) atoms. The molecule has 1 aliphatic rings. The Labute approximate surface area is 369 Å². The fourth-order valence-corrected chi connectivity index (χ4v) is 9.41. The zero-order valence-corrected chi connectivity index (χ0v) is 39.8. The van der Waals surface area contributed by atoms with Gasteiger partial charge in [-0.1, -0.05) is 94.3 Å². The van der Waals surface area contributed by atoms with Crippen molar-refractivity contribution in [1.82, 2.24) is 0 Å². The standard InChI is InChI=1S/C40H41F3S.C10H15F3O2.Ir/c1-23-19-28(26-15-17-39(7,8)18-16-26)20-24(2)34(23)36-25(3)35-32(40(41,42)43)14-13-31(37(35)44-36)29-21-27-11-9-10-12-30(27)33(22-29)38(4,5)6;1-6(2)7(14)5-8(15)9(3,4)10(11,12)13;/h9-12,14,19-20,22,26H,15-18H2,1-8H3;5-6,14H,1-4H3;/q-2;;/b;7-5-;. The van der Waals surface area contributed by atoms with Crippen LogP contribution in [0.25, 0.3) is 42.4 Å². The van der Waals surface area contributed by atoms with Gasteiger partial charge in [0.1, 0.15) is 5.41 Å². The van der Waals surface area contributed by atoms with Crippen molar-refractivity contribution in [3.8, 4) is 21.6 Å². The van der Waals surface area contributed by atoms with Crippen molar-refractivity contribution in [1.29, 1.82) is 0 Å². The maximum absolute atomic E-state index is 14.5. The van der Waals surface area contributed by atoms with Crippen molar-refractivity contribution < 1.29 is 56.3 Å². The van der Waals surface area contributed by atoms with E-state index >= 15 is 0 Å². The summed E-state index contributed by atoms with van der Waals surface area (Å²) in [5.41, 5.74) is 5.13. The Morgan fingerprint density at radius 3 is 1.98 bits per heavy atom. The van der Waals surface area contributed by atoms with Gasteiger partial charge in [-0.25, -0.2) is 0 Å². The molecule has 6 rings (SSSR count). The van der Waals surface area contributed by atoms with Crippen molar-refractivity contribution in [3.63, 3.8) is 0 Å². The summed E-state index contributed by atoms with van der Waals surface area (Å²) < 4.78 is 81.4. The largest absolute Gasteiger partial charge is 0.512 e. The van der Waals surface area contributed by atoms with Gasteiger partial charge in [-0.05, 0) is 110 Å². The van der Waals surface area contributed by atoms with Gasteiger partial charge in [-0.3, -0.25) is 4.79 Å². The summed E-state index contributed by atoms with van der Waals surface area (Å²) >= 11 is 1.47. The Morgan fingerprint density at radius 2 is 1.47 bits per heavy atom. The summed E-state index contributed by atoms with van der Waals surface area (Å²) in [6.45, 7) is 22.1. The molecule has 0 saturated heterocycles. The molecule has 4 aromatic carbocycles. The first-order valence-corrected chi connectivity index (χ1v) is 21.0. The number of rotatable bonds is 6. The number of carbonyl (C=O) groups excluding carboxylic acids is 1. The number of allylic oxidation sites excluding steroid dienone is 2. The Balaban J connectivity index is 0.000000425. The smallest absolute Gasteiger partial charge is 0.401 e. The molecule has 327 valence electrons. The maximum atomic E-state index is 14.5. The molecule has 1 radical (unpaired) electrons. The molecule has 1 saturated carbocycles. The molecular formula is C50H56F6IrO2S-2. The molecule has 1 fully saturated rings. The zero-order chi connectivity index (χ0) is 44.2. The third-order valence-electron chi connectivity index (χ3n) is 11.9. The van der Waals surface area contributed by atoms with E-state index in [4.69, 9.17) is 0 Å². The van der Waals surface area contributed by atoms with Crippen LogP contribution in [0.4, 0.5) is 26.3 Å². The number of hydrogen-bond acceptors (Lipinski definition) is 3. The average molecular weight is 1030 g/mol. The van der Waals surface area contributed by atoms with Gasteiger partial charge in [0.15, 0.2) is 5.78 Å². The number of thiophene rings is 1. The minimum atomic E-state index is -4.61. The number of aliphatic hydroxyl groups is 1. The van der Waals surface area contributed by atoms with Crippen LogP contribution in [-0.4, -0.2) is 17.1 Å². The van der Waals surface area contributed by atoms with Crippen LogP contribution in [0.5, 0.6) is 0 Å². The van der Waals surface area contributed by atoms with Crippen LogP contribution in [0.1, 0.15) is 127 Å². The van der Waals surface area contributed by atoms with E-state index in [2.05, 4.69) is 84.9 Å². The molecular weight excluding hydrogens is 971 g/mol. The molecule has 0 spiro atoms. The summed E-state index contributed by atoms with van der Waals surface area (Å²) in [7, 11) is 0. The summed E-state index contributed by atoms with van der Waals surface area (Å²) in [6, 6.07) is 22.6. The van der Waals surface area contributed by atoms with Gasteiger partial charge in [0, 0.05) is 37.0 Å². The molecule has 10 heteroatoms. The fourth-order valence-electron chi connectivity index (χ4n) is 7.89. The van der Waals surface area contributed by atoms with Crippen molar-refractivity contribution in [2.24, 2.45) is 16.7 Å². The number of benzene rings is 4. The van der Waals surface area contributed by atoms with Gasteiger partial charge >= 0.3 is 12.4 Å². The van der Waals surface area contributed by atoms with E-state index in [1.165, 1.54) is 42.6 Å². The Morgan fingerprint density at radius 1 is 0.900 bits per heavy atom. The monoisotopic (exact) mass is 1030 g/mol. The van der Waals surface area contributed by atoms with E-state index in [-0.39, 0.29) is 42.6 Å². The molecule has 0 amide bonds.